The lowest BCUT2D eigenvalue weighted by Crippen LogP contribution is -2.23. The Kier molecular flexibility index (Phi) is 4.90. The number of hydrogen-bond donors (Lipinski definition) is 1. The predicted molar refractivity (Wildman–Crippen MR) is 54.1 cm³/mol. The Morgan fingerprint density at radius 1 is 1.21 bits per heavy atom. The normalized spacial score (nSPS) is 11.3. The van der Waals surface area contributed by atoms with Crippen molar-refractivity contribution in [2.75, 3.05) is 11.9 Å². The molecule has 0 radical (unpaired) electrons. The molecule has 0 spiro atoms. The van der Waals surface area contributed by atoms with E-state index in [9.17, 15) is 26.7 Å². The van der Waals surface area contributed by atoms with Crippen molar-refractivity contribution in [1.29, 1.82) is 0 Å². The molecule has 4 nitrogen and oxygen atoms in total. The SMILES string of the molecule is O=C(Nc1ccc(OC(F)F)cc1)OCC(F)(F)F. The van der Waals surface area contributed by atoms with E-state index in [1.807, 2.05) is 5.32 Å². The molecule has 0 heterocycles. The molecule has 0 aliphatic heterocycles. The fraction of sp³-hybridized carbons (Fsp3) is 0.300. The first-order valence-corrected chi connectivity index (χ1v) is 4.82. The van der Waals surface area contributed by atoms with Gasteiger partial charge >= 0.3 is 18.9 Å². The Bertz CT molecular complexity index is 418. The highest BCUT2D eigenvalue weighted by molar-refractivity contribution is 5.84. The number of benzene rings is 1. The minimum atomic E-state index is -4.62. The summed E-state index contributed by atoms with van der Waals surface area (Å²) in [7, 11) is 0. The van der Waals surface area contributed by atoms with Crippen LogP contribution in [0.25, 0.3) is 0 Å². The molecule has 9 heteroatoms. The van der Waals surface area contributed by atoms with Crippen molar-refractivity contribution in [2.45, 2.75) is 12.8 Å². The van der Waals surface area contributed by atoms with Gasteiger partial charge in [-0.2, -0.15) is 22.0 Å². The van der Waals surface area contributed by atoms with Gasteiger partial charge in [0, 0.05) is 5.69 Å². The Labute approximate surface area is 104 Å². The number of carbonyl (C=O) groups excluding carboxylic acids is 1. The van der Waals surface area contributed by atoms with Crippen LogP contribution in [0.5, 0.6) is 5.75 Å². The quantitative estimate of drug-likeness (QED) is 0.862. The van der Waals surface area contributed by atoms with Gasteiger partial charge in [-0.3, -0.25) is 5.32 Å². The largest absolute Gasteiger partial charge is 0.440 e. The monoisotopic (exact) mass is 285 g/mol. The van der Waals surface area contributed by atoms with E-state index in [1.165, 1.54) is 12.1 Å². The van der Waals surface area contributed by atoms with E-state index >= 15 is 0 Å². The minimum absolute atomic E-state index is 0.0776. The average Bonchev–Trinajstić information content (AvgIpc) is 2.28. The summed E-state index contributed by atoms with van der Waals surface area (Å²) in [4.78, 5) is 10.9. The zero-order chi connectivity index (χ0) is 14.5. The maximum atomic E-state index is 11.8. The lowest BCUT2D eigenvalue weighted by molar-refractivity contribution is -0.159. The number of hydrogen-bond acceptors (Lipinski definition) is 3. The molecule has 19 heavy (non-hydrogen) atoms. The molecule has 0 fully saturated rings. The van der Waals surface area contributed by atoms with Crippen LogP contribution in [-0.2, 0) is 4.74 Å². The highest BCUT2D eigenvalue weighted by Gasteiger charge is 2.29. The van der Waals surface area contributed by atoms with E-state index in [0.717, 1.165) is 12.1 Å². The van der Waals surface area contributed by atoms with Crippen molar-refractivity contribution in [3.05, 3.63) is 24.3 Å². The third-order valence-electron chi connectivity index (χ3n) is 1.69. The van der Waals surface area contributed by atoms with Crippen LogP contribution >= 0.6 is 0 Å². The van der Waals surface area contributed by atoms with Crippen molar-refractivity contribution in [3.63, 3.8) is 0 Å². The zero-order valence-electron chi connectivity index (χ0n) is 9.21. The van der Waals surface area contributed by atoms with Crippen LogP contribution in [0.2, 0.25) is 0 Å². The second kappa shape index (κ2) is 6.21. The van der Waals surface area contributed by atoms with Crippen molar-refractivity contribution in [1.82, 2.24) is 0 Å². The molecular formula is C10H8F5NO3. The summed E-state index contributed by atoms with van der Waals surface area (Å²) < 4.78 is 66.8. The van der Waals surface area contributed by atoms with Gasteiger partial charge in [-0.25, -0.2) is 4.79 Å². The van der Waals surface area contributed by atoms with Gasteiger partial charge < -0.3 is 9.47 Å². The van der Waals surface area contributed by atoms with E-state index in [2.05, 4.69) is 9.47 Å². The van der Waals surface area contributed by atoms with E-state index in [-0.39, 0.29) is 11.4 Å². The first kappa shape index (κ1) is 15.0. The number of carbonyl (C=O) groups is 1. The van der Waals surface area contributed by atoms with Gasteiger partial charge in [0.1, 0.15) is 5.75 Å². The summed E-state index contributed by atoms with van der Waals surface area (Å²) in [6.07, 6.45) is -5.92. The Hall–Kier alpha value is -2.06. The lowest BCUT2D eigenvalue weighted by Gasteiger charge is -2.09. The summed E-state index contributed by atoms with van der Waals surface area (Å²) in [5.74, 6) is -0.149. The van der Waals surface area contributed by atoms with Crippen LogP contribution in [0.15, 0.2) is 24.3 Å². The number of amides is 1. The molecule has 1 aromatic rings. The number of ether oxygens (including phenoxy) is 2. The van der Waals surface area contributed by atoms with Crippen molar-refractivity contribution in [2.24, 2.45) is 0 Å². The van der Waals surface area contributed by atoms with Crippen LogP contribution in [0.3, 0.4) is 0 Å². The Balaban J connectivity index is 2.47. The van der Waals surface area contributed by atoms with Crippen LogP contribution in [0, 0.1) is 0 Å². The van der Waals surface area contributed by atoms with E-state index < -0.39 is 25.5 Å². The molecule has 0 aliphatic rings. The molecule has 0 aromatic heterocycles. The molecular weight excluding hydrogens is 277 g/mol. The fourth-order valence-corrected chi connectivity index (χ4v) is 1.02. The second-order valence-electron chi connectivity index (χ2n) is 3.22. The smallest absolute Gasteiger partial charge is 0.422 e. The average molecular weight is 285 g/mol. The molecule has 0 saturated carbocycles. The summed E-state index contributed by atoms with van der Waals surface area (Å²) in [5.41, 5.74) is 0.0776. The third kappa shape index (κ3) is 6.43. The zero-order valence-corrected chi connectivity index (χ0v) is 9.21. The molecule has 1 N–H and O–H groups in total. The van der Waals surface area contributed by atoms with Crippen LogP contribution in [0.4, 0.5) is 32.4 Å². The standard InChI is InChI=1S/C10H8F5NO3/c11-8(12)19-7-3-1-6(2-4-7)16-9(17)18-5-10(13,14)15/h1-4,8H,5H2,(H,16,17). The minimum Gasteiger partial charge on any atom is -0.440 e. The van der Waals surface area contributed by atoms with Gasteiger partial charge in [-0.1, -0.05) is 0 Å². The molecule has 106 valence electrons. The first-order chi connectivity index (χ1) is 8.76. The molecule has 0 bridgehead atoms. The van der Waals surface area contributed by atoms with Gasteiger partial charge in [0.2, 0.25) is 0 Å². The van der Waals surface area contributed by atoms with Gasteiger partial charge in [0.05, 0.1) is 0 Å². The molecule has 1 amide bonds. The molecule has 0 aliphatic carbocycles. The van der Waals surface area contributed by atoms with Crippen molar-refractivity contribution in [3.8, 4) is 5.75 Å². The molecule has 1 aromatic carbocycles. The number of nitrogens with one attached hydrogen (secondary N) is 1. The van der Waals surface area contributed by atoms with E-state index in [4.69, 9.17) is 0 Å². The summed E-state index contributed by atoms with van der Waals surface area (Å²) in [6.45, 7) is -4.71. The topological polar surface area (TPSA) is 47.6 Å². The Morgan fingerprint density at radius 3 is 2.26 bits per heavy atom. The number of rotatable bonds is 4. The summed E-state index contributed by atoms with van der Waals surface area (Å²) in [6, 6.07) is 4.58. The number of alkyl halides is 5. The van der Waals surface area contributed by atoms with Gasteiger partial charge in [-0.05, 0) is 24.3 Å². The van der Waals surface area contributed by atoms with Crippen molar-refractivity contribution >= 4 is 11.8 Å². The predicted octanol–water partition coefficient (Wildman–Crippen LogP) is 3.40. The van der Waals surface area contributed by atoms with Crippen LogP contribution in [-0.4, -0.2) is 25.5 Å². The third-order valence-corrected chi connectivity index (χ3v) is 1.69. The molecule has 0 saturated heterocycles. The van der Waals surface area contributed by atoms with Gasteiger partial charge in [0.15, 0.2) is 6.61 Å². The maximum Gasteiger partial charge on any atom is 0.422 e. The van der Waals surface area contributed by atoms with Gasteiger partial charge in [0.25, 0.3) is 0 Å². The second-order valence-corrected chi connectivity index (χ2v) is 3.22. The summed E-state index contributed by atoms with van der Waals surface area (Å²) in [5, 5.41) is 1.99. The first-order valence-electron chi connectivity index (χ1n) is 4.82. The molecule has 0 unspecified atom stereocenters. The highest BCUT2D eigenvalue weighted by Crippen LogP contribution is 2.18. The molecule has 1 rings (SSSR count). The van der Waals surface area contributed by atoms with E-state index in [0.29, 0.717) is 0 Å². The number of halogens is 5. The summed E-state index contributed by atoms with van der Waals surface area (Å²) >= 11 is 0. The highest BCUT2D eigenvalue weighted by atomic mass is 19.4. The lowest BCUT2D eigenvalue weighted by atomic mass is 10.3. The fourth-order valence-electron chi connectivity index (χ4n) is 1.02. The van der Waals surface area contributed by atoms with Gasteiger partial charge in [-0.15, -0.1) is 0 Å². The van der Waals surface area contributed by atoms with Crippen molar-refractivity contribution < 1.29 is 36.2 Å². The maximum absolute atomic E-state index is 11.8. The molecule has 0 atom stereocenters. The van der Waals surface area contributed by atoms with Crippen LogP contribution in [0.1, 0.15) is 0 Å². The Morgan fingerprint density at radius 2 is 1.79 bits per heavy atom. The number of anilines is 1. The van der Waals surface area contributed by atoms with Crippen LogP contribution < -0.4 is 10.1 Å². The van der Waals surface area contributed by atoms with E-state index in [1.54, 1.807) is 0 Å².